The number of nitrogens with zero attached hydrogens (tertiary/aromatic N) is 1. The molecule has 0 atom stereocenters. The highest BCUT2D eigenvalue weighted by atomic mass is 16.4. The van der Waals surface area contributed by atoms with Gasteiger partial charge in [-0.2, -0.15) is 0 Å². The third kappa shape index (κ3) is 2.35. The van der Waals surface area contributed by atoms with Gasteiger partial charge in [-0.3, -0.25) is 0 Å². The van der Waals surface area contributed by atoms with Crippen LogP contribution < -0.4 is 5.11 Å². The molecule has 0 aliphatic heterocycles. The lowest BCUT2D eigenvalue weighted by molar-refractivity contribution is -0.254. The van der Waals surface area contributed by atoms with Crippen LogP contribution in [0.5, 0.6) is 0 Å². The number of carbonyl (C=O) groups excluding carboxylic acids is 1. The Bertz CT molecular complexity index is 897. The smallest absolute Gasteiger partial charge is 0.0745 e. The summed E-state index contributed by atoms with van der Waals surface area (Å²) in [7, 11) is 0. The fraction of sp³-hybridized carbons (Fsp3) is 0.158. The molecule has 0 aliphatic carbocycles. The molecule has 3 rings (SSSR count). The average Bonchev–Trinajstić information content (AvgIpc) is 2.49. The van der Waals surface area contributed by atoms with Gasteiger partial charge in [-0.25, -0.2) is 4.98 Å². The lowest BCUT2D eigenvalue weighted by Crippen LogP contribution is -2.23. The molecule has 0 bridgehead atoms. The Kier molecular flexibility index (Phi) is 3.41. The SMILES string of the molecule is Cc1ccc(C)c(-c2cc(C(=O)[O-])c3cccc(C)c3n2)c1. The van der Waals surface area contributed by atoms with Crippen molar-refractivity contribution in [3.63, 3.8) is 0 Å². The number of aromatic carboxylic acids is 1. The molecule has 3 aromatic rings. The molecular formula is C19H16NO2-. The van der Waals surface area contributed by atoms with Gasteiger partial charge in [-0.15, -0.1) is 0 Å². The van der Waals surface area contributed by atoms with Crippen LogP contribution in [0.2, 0.25) is 0 Å². The summed E-state index contributed by atoms with van der Waals surface area (Å²) in [6.45, 7) is 5.94. The molecule has 1 aromatic heterocycles. The Balaban J connectivity index is 2.38. The predicted octanol–water partition coefficient (Wildman–Crippen LogP) is 3.19. The van der Waals surface area contributed by atoms with E-state index in [-0.39, 0.29) is 5.56 Å². The minimum Gasteiger partial charge on any atom is -0.545 e. The number of rotatable bonds is 2. The maximum Gasteiger partial charge on any atom is 0.0745 e. The molecule has 0 N–H and O–H groups in total. The Morgan fingerprint density at radius 3 is 2.50 bits per heavy atom. The van der Waals surface area contributed by atoms with E-state index in [0.29, 0.717) is 16.6 Å². The van der Waals surface area contributed by atoms with Crippen molar-refractivity contribution in [2.75, 3.05) is 0 Å². The fourth-order valence-electron chi connectivity index (χ4n) is 2.71. The number of hydrogen-bond acceptors (Lipinski definition) is 3. The predicted molar refractivity (Wildman–Crippen MR) is 85.7 cm³/mol. The van der Waals surface area contributed by atoms with Crippen molar-refractivity contribution in [2.45, 2.75) is 20.8 Å². The van der Waals surface area contributed by atoms with Gasteiger partial charge in [0, 0.05) is 16.5 Å². The fourth-order valence-corrected chi connectivity index (χ4v) is 2.71. The van der Waals surface area contributed by atoms with Crippen molar-refractivity contribution in [3.8, 4) is 11.3 Å². The van der Waals surface area contributed by atoms with Crippen LogP contribution in [0.25, 0.3) is 22.2 Å². The lowest BCUT2D eigenvalue weighted by Gasteiger charge is -2.13. The normalized spacial score (nSPS) is 10.9. The van der Waals surface area contributed by atoms with Crippen molar-refractivity contribution in [1.82, 2.24) is 4.98 Å². The van der Waals surface area contributed by atoms with Gasteiger partial charge in [-0.05, 0) is 44.0 Å². The summed E-state index contributed by atoms with van der Waals surface area (Å²) in [6.07, 6.45) is 0. The molecule has 1 heterocycles. The number of carboxylic acids is 1. The molecule has 0 spiro atoms. The van der Waals surface area contributed by atoms with Crippen LogP contribution in [0.4, 0.5) is 0 Å². The number of aromatic nitrogens is 1. The highest BCUT2D eigenvalue weighted by Gasteiger charge is 2.11. The largest absolute Gasteiger partial charge is 0.545 e. The van der Waals surface area contributed by atoms with Gasteiger partial charge in [0.15, 0.2) is 0 Å². The van der Waals surface area contributed by atoms with Gasteiger partial charge < -0.3 is 9.90 Å². The van der Waals surface area contributed by atoms with E-state index in [9.17, 15) is 9.90 Å². The molecule has 0 aliphatic rings. The van der Waals surface area contributed by atoms with Crippen LogP contribution in [0.15, 0.2) is 42.5 Å². The number of fused-ring (bicyclic) bond motifs is 1. The second-order valence-electron chi connectivity index (χ2n) is 5.63. The van der Waals surface area contributed by atoms with Gasteiger partial charge in [0.25, 0.3) is 0 Å². The third-order valence-corrected chi connectivity index (χ3v) is 3.93. The van der Waals surface area contributed by atoms with Crippen LogP contribution in [-0.2, 0) is 0 Å². The molecule has 0 fully saturated rings. The quantitative estimate of drug-likeness (QED) is 0.728. The van der Waals surface area contributed by atoms with E-state index in [2.05, 4.69) is 0 Å². The molecule has 0 saturated carbocycles. The first kappa shape index (κ1) is 14.3. The summed E-state index contributed by atoms with van der Waals surface area (Å²) >= 11 is 0. The molecule has 0 radical (unpaired) electrons. The van der Waals surface area contributed by atoms with E-state index < -0.39 is 5.97 Å². The summed E-state index contributed by atoms with van der Waals surface area (Å²) in [5.41, 5.74) is 5.64. The maximum absolute atomic E-state index is 11.5. The maximum atomic E-state index is 11.5. The number of para-hydroxylation sites is 1. The van der Waals surface area contributed by atoms with Gasteiger partial charge in [0.05, 0.1) is 17.2 Å². The van der Waals surface area contributed by atoms with E-state index in [1.165, 1.54) is 0 Å². The number of pyridine rings is 1. The summed E-state index contributed by atoms with van der Waals surface area (Å²) in [6, 6.07) is 13.2. The van der Waals surface area contributed by atoms with E-state index in [0.717, 1.165) is 22.3 Å². The number of carboxylic acid groups (broad SMARTS) is 1. The second-order valence-corrected chi connectivity index (χ2v) is 5.63. The van der Waals surface area contributed by atoms with Crippen LogP contribution >= 0.6 is 0 Å². The van der Waals surface area contributed by atoms with Crippen molar-refractivity contribution in [2.24, 2.45) is 0 Å². The first-order chi connectivity index (χ1) is 10.5. The van der Waals surface area contributed by atoms with Crippen molar-refractivity contribution >= 4 is 16.9 Å². The zero-order valence-electron chi connectivity index (χ0n) is 12.8. The molecule has 110 valence electrons. The highest BCUT2D eigenvalue weighted by Crippen LogP contribution is 2.28. The van der Waals surface area contributed by atoms with Gasteiger partial charge in [0.1, 0.15) is 0 Å². The van der Waals surface area contributed by atoms with E-state index in [1.807, 2.05) is 51.1 Å². The molecule has 0 unspecified atom stereocenters. The van der Waals surface area contributed by atoms with Crippen LogP contribution in [0.3, 0.4) is 0 Å². The first-order valence-corrected chi connectivity index (χ1v) is 7.16. The summed E-state index contributed by atoms with van der Waals surface area (Å²) < 4.78 is 0. The number of aryl methyl sites for hydroxylation is 3. The average molecular weight is 290 g/mol. The zero-order chi connectivity index (χ0) is 15.9. The molecule has 3 heteroatoms. The Morgan fingerprint density at radius 1 is 1.00 bits per heavy atom. The Labute approximate surface area is 129 Å². The van der Waals surface area contributed by atoms with E-state index in [1.54, 1.807) is 12.1 Å². The van der Waals surface area contributed by atoms with Crippen LogP contribution in [0, 0.1) is 20.8 Å². The van der Waals surface area contributed by atoms with Gasteiger partial charge in [-0.1, -0.05) is 35.9 Å². The summed E-state index contributed by atoms with van der Waals surface area (Å²) in [5, 5.41) is 12.1. The topological polar surface area (TPSA) is 53.0 Å². The second kappa shape index (κ2) is 5.26. The first-order valence-electron chi connectivity index (χ1n) is 7.16. The van der Waals surface area contributed by atoms with Gasteiger partial charge in [0.2, 0.25) is 0 Å². The molecule has 22 heavy (non-hydrogen) atoms. The minimum atomic E-state index is -1.18. The Hall–Kier alpha value is -2.68. The molecule has 0 amide bonds. The standard InChI is InChI=1S/C19H17NO2/c1-11-7-8-12(2)15(9-11)17-10-16(19(21)22)14-6-4-5-13(3)18(14)20-17/h4-10H,1-3H3,(H,21,22)/p-1. The Morgan fingerprint density at radius 2 is 1.77 bits per heavy atom. The minimum absolute atomic E-state index is 0.185. The molecule has 2 aromatic carbocycles. The van der Waals surface area contributed by atoms with E-state index in [4.69, 9.17) is 4.98 Å². The summed E-state index contributed by atoms with van der Waals surface area (Å²) in [4.78, 5) is 16.2. The molecular weight excluding hydrogens is 274 g/mol. The lowest BCUT2D eigenvalue weighted by atomic mass is 9.98. The van der Waals surface area contributed by atoms with Crippen molar-refractivity contribution < 1.29 is 9.90 Å². The number of hydrogen-bond donors (Lipinski definition) is 0. The molecule has 3 nitrogen and oxygen atoms in total. The highest BCUT2D eigenvalue weighted by molar-refractivity contribution is 6.03. The molecule has 0 saturated heterocycles. The number of carbonyl (C=O) groups is 1. The van der Waals surface area contributed by atoms with Gasteiger partial charge >= 0.3 is 0 Å². The third-order valence-electron chi connectivity index (χ3n) is 3.93. The van der Waals surface area contributed by atoms with Crippen LogP contribution in [-0.4, -0.2) is 11.0 Å². The zero-order valence-corrected chi connectivity index (χ0v) is 12.8. The number of benzene rings is 2. The summed E-state index contributed by atoms with van der Waals surface area (Å²) in [5.74, 6) is -1.18. The van der Waals surface area contributed by atoms with E-state index >= 15 is 0 Å². The van der Waals surface area contributed by atoms with Crippen LogP contribution in [0.1, 0.15) is 27.0 Å². The monoisotopic (exact) mass is 290 g/mol. The van der Waals surface area contributed by atoms with Crippen molar-refractivity contribution in [3.05, 3.63) is 64.7 Å². The van der Waals surface area contributed by atoms with Crippen molar-refractivity contribution in [1.29, 1.82) is 0 Å².